The quantitative estimate of drug-likeness (QED) is 0.496. The molecule has 0 bridgehead atoms. The molecule has 0 saturated carbocycles. The number of carbonyl (C=O) groups is 1. The van der Waals surface area contributed by atoms with E-state index in [0.29, 0.717) is 5.75 Å². The van der Waals surface area contributed by atoms with Gasteiger partial charge in [-0.2, -0.15) is 0 Å². The van der Waals surface area contributed by atoms with Gasteiger partial charge in [0.15, 0.2) is 0 Å². The normalized spacial score (nSPS) is 10.5. The van der Waals surface area contributed by atoms with E-state index in [4.69, 9.17) is 10.5 Å². The van der Waals surface area contributed by atoms with E-state index in [9.17, 15) is 9.18 Å². The van der Waals surface area contributed by atoms with Crippen LogP contribution in [-0.4, -0.2) is 19.7 Å². The van der Waals surface area contributed by atoms with Crippen molar-refractivity contribution < 1.29 is 18.7 Å². The number of halogens is 1. The smallest absolute Gasteiger partial charge is 0.330 e. The molecule has 0 aliphatic heterocycles. The number of ether oxygens (including phenoxy) is 2. The molecule has 5 heteroatoms. The Labute approximate surface area is 98.8 Å². The van der Waals surface area contributed by atoms with Gasteiger partial charge in [-0.05, 0) is 19.1 Å². The summed E-state index contributed by atoms with van der Waals surface area (Å²) in [5.74, 6) is -0.693. The molecule has 0 aliphatic rings. The Balaban J connectivity index is 2.94. The summed E-state index contributed by atoms with van der Waals surface area (Å²) in [5.41, 5.74) is 5.94. The van der Waals surface area contributed by atoms with Crippen LogP contribution in [0.3, 0.4) is 0 Å². The van der Waals surface area contributed by atoms with Crippen LogP contribution in [0.25, 0.3) is 6.08 Å². The third-order valence-electron chi connectivity index (χ3n) is 2.03. The van der Waals surface area contributed by atoms with E-state index >= 15 is 0 Å². The van der Waals surface area contributed by atoms with Crippen molar-refractivity contribution in [3.8, 4) is 5.75 Å². The second kappa shape index (κ2) is 5.89. The van der Waals surface area contributed by atoms with Gasteiger partial charge in [-0.1, -0.05) is 0 Å². The first-order valence-corrected chi connectivity index (χ1v) is 5.06. The first-order chi connectivity index (χ1) is 8.08. The molecule has 0 atom stereocenters. The molecule has 0 fully saturated rings. The van der Waals surface area contributed by atoms with Crippen molar-refractivity contribution in [1.82, 2.24) is 0 Å². The lowest BCUT2D eigenvalue weighted by Gasteiger charge is -2.06. The second-order valence-electron chi connectivity index (χ2n) is 3.20. The zero-order valence-electron chi connectivity index (χ0n) is 9.70. The number of carbonyl (C=O) groups excluding carboxylic acids is 1. The average molecular weight is 239 g/mol. The Morgan fingerprint density at radius 3 is 2.82 bits per heavy atom. The predicted octanol–water partition coefficient (Wildman–Crippen LogP) is 1.99. The standard InChI is InChI=1S/C12H14FNO3/c1-3-17-12(15)5-4-8-6-11(16-2)10(14)7-9(8)13/h4-7H,3,14H2,1-2H3. The van der Waals surface area contributed by atoms with Crippen LogP contribution in [0.5, 0.6) is 5.75 Å². The highest BCUT2D eigenvalue weighted by Gasteiger charge is 2.06. The number of benzene rings is 1. The SMILES string of the molecule is CCOC(=O)C=Cc1cc(OC)c(N)cc1F. The van der Waals surface area contributed by atoms with Gasteiger partial charge in [0.1, 0.15) is 11.6 Å². The van der Waals surface area contributed by atoms with Gasteiger partial charge in [-0.25, -0.2) is 9.18 Å². The molecule has 1 rings (SSSR count). The number of hydrogen-bond donors (Lipinski definition) is 1. The number of esters is 1. The molecule has 0 spiro atoms. The summed E-state index contributed by atoms with van der Waals surface area (Å²) >= 11 is 0. The molecule has 1 aromatic carbocycles. The molecule has 0 radical (unpaired) electrons. The fraction of sp³-hybridized carbons (Fsp3) is 0.250. The van der Waals surface area contributed by atoms with Crippen LogP contribution in [-0.2, 0) is 9.53 Å². The topological polar surface area (TPSA) is 61.5 Å². The molecule has 0 aliphatic carbocycles. The Morgan fingerprint density at radius 1 is 1.53 bits per heavy atom. The maximum Gasteiger partial charge on any atom is 0.330 e. The minimum absolute atomic E-state index is 0.207. The minimum atomic E-state index is -0.525. The van der Waals surface area contributed by atoms with E-state index in [1.165, 1.54) is 19.3 Å². The maximum absolute atomic E-state index is 13.5. The van der Waals surface area contributed by atoms with E-state index in [-0.39, 0.29) is 17.9 Å². The third-order valence-corrected chi connectivity index (χ3v) is 2.03. The molecule has 0 aromatic heterocycles. The molecule has 0 amide bonds. The zero-order valence-corrected chi connectivity index (χ0v) is 9.70. The summed E-state index contributed by atoms with van der Waals surface area (Å²) in [4.78, 5) is 11.1. The lowest BCUT2D eigenvalue weighted by molar-refractivity contribution is -0.137. The van der Waals surface area contributed by atoms with E-state index in [1.807, 2.05) is 0 Å². The summed E-state index contributed by atoms with van der Waals surface area (Å²) in [7, 11) is 1.43. The maximum atomic E-state index is 13.5. The summed E-state index contributed by atoms with van der Waals surface area (Å²) < 4.78 is 23.1. The highest BCUT2D eigenvalue weighted by molar-refractivity contribution is 5.87. The number of methoxy groups -OCH3 is 1. The number of anilines is 1. The molecule has 92 valence electrons. The van der Waals surface area contributed by atoms with Crippen molar-refractivity contribution in [1.29, 1.82) is 0 Å². The monoisotopic (exact) mass is 239 g/mol. The highest BCUT2D eigenvalue weighted by Crippen LogP contribution is 2.25. The summed E-state index contributed by atoms with van der Waals surface area (Å²) in [6, 6.07) is 2.56. The lowest BCUT2D eigenvalue weighted by Crippen LogP contribution is -1.99. The van der Waals surface area contributed by atoms with Crippen LogP contribution in [0.1, 0.15) is 12.5 Å². The lowest BCUT2D eigenvalue weighted by atomic mass is 10.1. The van der Waals surface area contributed by atoms with Crippen molar-refractivity contribution in [2.75, 3.05) is 19.5 Å². The van der Waals surface area contributed by atoms with Crippen LogP contribution in [0.4, 0.5) is 10.1 Å². The van der Waals surface area contributed by atoms with Gasteiger partial charge in [0.25, 0.3) is 0 Å². The second-order valence-corrected chi connectivity index (χ2v) is 3.20. The van der Waals surface area contributed by atoms with Gasteiger partial charge in [-0.15, -0.1) is 0 Å². The zero-order chi connectivity index (χ0) is 12.8. The molecular weight excluding hydrogens is 225 g/mol. The van der Waals surface area contributed by atoms with Gasteiger partial charge >= 0.3 is 5.97 Å². The van der Waals surface area contributed by atoms with Crippen molar-refractivity contribution in [2.45, 2.75) is 6.92 Å². The van der Waals surface area contributed by atoms with Gasteiger partial charge in [0.2, 0.25) is 0 Å². The average Bonchev–Trinajstić information content (AvgIpc) is 2.28. The van der Waals surface area contributed by atoms with E-state index in [1.54, 1.807) is 6.92 Å². The number of rotatable bonds is 4. The summed E-state index contributed by atoms with van der Waals surface area (Å²) in [6.07, 6.45) is 2.47. The van der Waals surface area contributed by atoms with E-state index in [2.05, 4.69) is 4.74 Å². The Hall–Kier alpha value is -2.04. The van der Waals surface area contributed by atoms with Crippen molar-refractivity contribution in [3.05, 3.63) is 29.6 Å². The fourth-order valence-electron chi connectivity index (χ4n) is 1.24. The van der Waals surface area contributed by atoms with Gasteiger partial charge in [-0.3, -0.25) is 0 Å². The predicted molar refractivity (Wildman–Crippen MR) is 63.0 cm³/mol. The Kier molecular flexibility index (Phi) is 4.51. The molecule has 1 aromatic rings. The molecule has 0 unspecified atom stereocenters. The van der Waals surface area contributed by atoms with Crippen LogP contribution < -0.4 is 10.5 Å². The Morgan fingerprint density at radius 2 is 2.24 bits per heavy atom. The van der Waals surface area contributed by atoms with Gasteiger partial charge in [0.05, 0.1) is 19.4 Å². The van der Waals surface area contributed by atoms with Crippen LogP contribution >= 0.6 is 0 Å². The van der Waals surface area contributed by atoms with Gasteiger partial charge in [0, 0.05) is 17.7 Å². The highest BCUT2D eigenvalue weighted by atomic mass is 19.1. The molecule has 0 saturated heterocycles. The van der Waals surface area contributed by atoms with Crippen molar-refractivity contribution in [2.24, 2.45) is 0 Å². The van der Waals surface area contributed by atoms with Crippen molar-refractivity contribution >= 4 is 17.7 Å². The molecule has 0 heterocycles. The molecule has 17 heavy (non-hydrogen) atoms. The van der Waals surface area contributed by atoms with Crippen LogP contribution in [0.2, 0.25) is 0 Å². The van der Waals surface area contributed by atoms with Crippen LogP contribution in [0.15, 0.2) is 18.2 Å². The number of nitrogens with two attached hydrogens (primary N) is 1. The molecular formula is C12H14FNO3. The third kappa shape index (κ3) is 3.48. The van der Waals surface area contributed by atoms with Crippen molar-refractivity contribution in [3.63, 3.8) is 0 Å². The largest absolute Gasteiger partial charge is 0.495 e. The molecule has 4 nitrogen and oxygen atoms in total. The molecule has 2 N–H and O–H groups in total. The fourth-order valence-corrected chi connectivity index (χ4v) is 1.24. The summed E-state index contributed by atoms with van der Waals surface area (Å²) in [5, 5.41) is 0. The van der Waals surface area contributed by atoms with E-state index in [0.717, 1.165) is 12.1 Å². The van der Waals surface area contributed by atoms with Gasteiger partial charge < -0.3 is 15.2 Å². The summed E-state index contributed by atoms with van der Waals surface area (Å²) in [6.45, 7) is 1.97. The number of nitrogen functional groups attached to an aromatic ring is 1. The Bertz CT molecular complexity index is 444. The first-order valence-electron chi connectivity index (χ1n) is 5.06. The van der Waals surface area contributed by atoms with Crippen LogP contribution in [0, 0.1) is 5.82 Å². The van der Waals surface area contributed by atoms with E-state index < -0.39 is 11.8 Å². The first kappa shape index (κ1) is 13.0. The number of hydrogen-bond acceptors (Lipinski definition) is 4. The minimum Gasteiger partial charge on any atom is -0.495 e.